The summed E-state index contributed by atoms with van der Waals surface area (Å²) in [6.45, 7) is -0.442. The van der Waals surface area contributed by atoms with Crippen LogP contribution in [-0.2, 0) is 17.9 Å². The smallest absolute Gasteiger partial charge is 0.246 e. The van der Waals surface area contributed by atoms with Crippen molar-refractivity contribution in [1.29, 1.82) is 5.41 Å². The minimum atomic E-state index is -1.59. The predicted molar refractivity (Wildman–Crippen MR) is 151 cm³/mol. The SMILES string of the molecule is N=C(NCc1ccc(F)c(F)c1F)NC(=O)Cn1c(-c2ccccc2)ccc1-c1ccc(Oc2ccccc2)cc1. The second kappa shape index (κ2) is 12.3. The number of rotatable bonds is 8. The average molecular weight is 555 g/mol. The predicted octanol–water partition coefficient (Wildman–Crippen LogP) is 6.87. The Balaban J connectivity index is 1.32. The first-order valence-corrected chi connectivity index (χ1v) is 12.7. The van der Waals surface area contributed by atoms with Gasteiger partial charge in [0.2, 0.25) is 5.91 Å². The number of hydrogen-bond acceptors (Lipinski definition) is 3. The highest BCUT2D eigenvalue weighted by Crippen LogP contribution is 2.31. The third-order valence-electron chi connectivity index (χ3n) is 6.32. The largest absolute Gasteiger partial charge is 0.457 e. The third kappa shape index (κ3) is 6.47. The highest BCUT2D eigenvalue weighted by molar-refractivity contribution is 5.95. The minimum absolute atomic E-state index is 0.127. The van der Waals surface area contributed by atoms with E-state index in [-0.39, 0.29) is 18.7 Å². The molecule has 5 aromatic rings. The van der Waals surface area contributed by atoms with Crippen molar-refractivity contribution in [2.75, 3.05) is 0 Å². The molecule has 0 aliphatic rings. The quantitative estimate of drug-likeness (QED) is 0.111. The van der Waals surface area contributed by atoms with Gasteiger partial charge in [0.1, 0.15) is 18.0 Å². The topological polar surface area (TPSA) is 79.1 Å². The number of hydrogen-bond donors (Lipinski definition) is 3. The van der Waals surface area contributed by atoms with Crippen LogP contribution in [-0.4, -0.2) is 16.4 Å². The first kappa shape index (κ1) is 27.3. The number of aromatic nitrogens is 1. The van der Waals surface area contributed by atoms with Crippen molar-refractivity contribution < 1.29 is 22.7 Å². The summed E-state index contributed by atoms with van der Waals surface area (Å²) in [5, 5.41) is 13.0. The molecule has 0 saturated heterocycles. The van der Waals surface area contributed by atoms with Crippen molar-refractivity contribution in [3.8, 4) is 34.0 Å². The number of halogens is 3. The molecule has 5 rings (SSSR count). The standard InChI is InChI=1S/C32H25F3N4O2/c33-26-16-13-23(30(34)31(26)35)19-37-32(36)38-29(40)20-39-27(21-7-3-1-4-8-21)17-18-28(39)22-11-14-25(15-12-22)41-24-9-5-2-6-10-24/h1-18H,19-20H2,(H3,36,37,38,40). The van der Waals surface area contributed by atoms with E-state index in [1.807, 2.05) is 102 Å². The van der Waals surface area contributed by atoms with Crippen molar-refractivity contribution in [3.63, 3.8) is 0 Å². The van der Waals surface area contributed by atoms with Gasteiger partial charge < -0.3 is 14.6 Å². The number of amides is 1. The molecule has 0 atom stereocenters. The zero-order valence-corrected chi connectivity index (χ0v) is 21.7. The molecule has 206 valence electrons. The maximum atomic E-state index is 13.9. The summed E-state index contributed by atoms with van der Waals surface area (Å²) in [5.74, 6) is -3.77. The zero-order valence-electron chi connectivity index (χ0n) is 21.7. The highest BCUT2D eigenvalue weighted by atomic mass is 19.2. The fourth-order valence-corrected chi connectivity index (χ4v) is 4.32. The van der Waals surface area contributed by atoms with Gasteiger partial charge in [-0.2, -0.15) is 0 Å². The molecule has 3 N–H and O–H groups in total. The summed E-state index contributed by atoms with van der Waals surface area (Å²) in [6, 6.07) is 32.2. The number of carbonyl (C=O) groups excluding carboxylic acids is 1. The van der Waals surface area contributed by atoms with E-state index in [0.29, 0.717) is 5.75 Å². The normalized spacial score (nSPS) is 10.7. The molecule has 0 radical (unpaired) electrons. The van der Waals surface area contributed by atoms with Gasteiger partial charge in [-0.3, -0.25) is 15.5 Å². The van der Waals surface area contributed by atoms with Crippen molar-refractivity contribution in [3.05, 3.63) is 132 Å². The van der Waals surface area contributed by atoms with Gasteiger partial charge in [0.25, 0.3) is 0 Å². The van der Waals surface area contributed by atoms with Gasteiger partial charge in [0.15, 0.2) is 23.4 Å². The summed E-state index contributed by atoms with van der Waals surface area (Å²) in [4.78, 5) is 13.0. The summed E-state index contributed by atoms with van der Waals surface area (Å²) in [7, 11) is 0. The molecule has 1 aromatic heterocycles. The van der Waals surface area contributed by atoms with Crippen LogP contribution in [0, 0.1) is 22.9 Å². The van der Waals surface area contributed by atoms with Gasteiger partial charge in [-0.25, -0.2) is 13.2 Å². The van der Waals surface area contributed by atoms with E-state index in [4.69, 9.17) is 10.1 Å². The maximum Gasteiger partial charge on any atom is 0.246 e. The van der Waals surface area contributed by atoms with Crippen LogP contribution in [0.3, 0.4) is 0 Å². The lowest BCUT2D eigenvalue weighted by Crippen LogP contribution is -2.41. The maximum absolute atomic E-state index is 13.9. The summed E-state index contributed by atoms with van der Waals surface area (Å²) < 4.78 is 48.4. The van der Waals surface area contributed by atoms with Crippen LogP contribution in [0.2, 0.25) is 0 Å². The average Bonchev–Trinajstić information content (AvgIpc) is 3.40. The molecule has 0 unspecified atom stereocenters. The number of nitrogens with zero attached hydrogens (tertiary/aromatic N) is 1. The number of ether oxygens (including phenoxy) is 1. The van der Waals surface area contributed by atoms with E-state index in [1.54, 1.807) is 0 Å². The number of benzene rings is 4. The molecule has 0 bridgehead atoms. The molecule has 9 heteroatoms. The van der Waals surface area contributed by atoms with Crippen LogP contribution >= 0.6 is 0 Å². The highest BCUT2D eigenvalue weighted by Gasteiger charge is 2.17. The molecule has 1 heterocycles. The van der Waals surface area contributed by atoms with Crippen LogP contribution in [0.1, 0.15) is 5.56 Å². The fraction of sp³-hybridized carbons (Fsp3) is 0.0625. The van der Waals surface area contributed by atoms with Crippen molar-refractivity contribution in [2.24, 2.45) is 0 Å². The Morgan fingerprint density at radius 3 is 1.95 bits per heavy atom. The van der Waals surface area contributed by atoms with E-state index < -0.39 is 29.3 Å². The number of para-hydroxylation sites is 1. The first-order chi connectivity index (χ1) is 19.9. The summed E-state index contributed by atoms with van der Waals surface area (Å²) in [6.07, 6.45) is 0. The second-order valence-corrected chi connectivity index (χ2v) is 9.11. The van der Waals surface area contributed by atoms with Crippen LogP contribution in [0.4, 0.5) is 13.2 Å². The van der Waals surface area contributed by atoms with E-state index in [1.165, 1.54) is 0 Å². The van der Waals surface area contributed by atoms with Gasteiger partial charge in [-0.15, -0.1) is 0 Å². The van der Waals surface area contributed by atoms with E-state index in [9.17, 15) is 18.0 Å². The number of guanidine groups is 1. The van der Waals surface area contributed by atoms with Crippen LogP contribution in [0.25, 0.3) is 22.5 Å². The Hall–Kier alpha value is -5.31. The van der Waals surface area contributed by atoms with Gasteiger partial charge in [-0.1, -0.05) is 54.6 Å². The molecule has 4 aromatic carbocycles. The molecular weight excluding hydrogens is 529 g/mol. The monoisotopic (exact) mass is 554 g/mol. The molecule has 41 heavy (non-hydrogen) atoms. The van der Waals surface area contributed by atoms with Gasteiger partial charge in [-0.05, 0) is 65.7 Å². The Labute approximate surface area is 234 Å². The molecule has 0 aliphatic heterocycles. The van der Waals surface area contributed by atoms with Crippen molar-refractivity contribution in [2.45, 2.75) is 13.1 Å². The lowest BCUT2D eigenvalue weighted by atomic mass is 10.1. The van der Waals surface area contributed by atoms with Crippen LogP contribution in [0.5, 0.6) is 11.5 Å². The fourth-order valence-electron chi connectivity index (χ4n) is 4.32. The number of nitrogens with one attached hydrogen (secondary N) is 3. The summed E-state index contributed by atoms with van der Waals surface area (Å²) >= 11 is 0. The summed E-state index contributed by atoms with van der Waals surface area (Å²) in [5.41, 5.74) is 3.14. The van der Waals surface area contributed by atoms with Crippen molar-refractivity contribution in [1.82, 2.24) is 15.2 Å². The van der Waals surface area contributed by atoms with E-state index in [0.717, 1.165) is 40.4 Å². The second-order valence-electron chi connectivity index (χ2n) is 9.11. The first-order valence-electron chi connectivity index (χ1n) is 12.7. The van der Waals surface area contributed by atoms with Crippen LogP contribution < -0.4 is 15.4 Å². The molecule has 0 spiro atoms. The molecule has 0 fully saturated rings. The number of carbonyl (C=O) groups is 1. The third-order valence-corrected chi connectivity index (χ3v) is 6.32. The molecule has 6 nitrogen and oxygen atoms in total. The van der Waals surface area contributed by atoms with Crippen LogP contribution in [0.15, 0.2) is 109 Å². The van der Waals surface area contributed by atoms with Crippen molar-refractivity contribution >= 4 is 11.9 Å². The Bertz CT molecular complexity index is 1670. The van der Waals surface area contributed by atoms with Gasteiger partial charge >= 0.3 is 0 Å². The zero-order chi connectivity index (χ0) is 28.8. The van der Waals surface area contributed by atoms with E-state index >= 15 is 0 Å². The lowest BCUT2D eigenvalue weighted by Gasteiger charge is -2.15. The molecule has 0 aliphatic carbocycles. The Morgan fingerprint density at radius 2 is 1.29 bits per heavy atom. The molecule has 1 amide bonds. The Kier molecular flexibility index (Phi) is 8.15. The minimum Gasteiger partial charge on any atom is -0.457 e. The van der Waals surface area contributed by atoms with Gasteiger partial charge in [0.05, 0.1) is 0 Å². The van der Waals surface area contributed by atoms with Gasteiger partial charge in [0, 0.05) is 23.5 Å². The molecule has 0 saturated carbocycles. The lowest BCUT2D eigenvalue weighted by molar-refractivity contribution is -0.120. The van der Waals surface area contributed by atoms with E-state index in [2.05, 4.69) is 10.6 Å². The molecular formula is C32H25F3N4O2. The Morgan fingerprint density at radius 1 is 0.707 bits per heavy atom.